The SMILES string of the molecule is Cc1c(C)c2c(c(C)c1C#Cc1ccc(B(O)O)cc1)Cc1c(C)c(C#Cc3ccc(B(O)O)cc3)c(C)c3c1B2c1c(C)c(C)c(C#Cc2ccc(B(O)O)cc2)c(C)c1C3. The van der Waals surface area contributed by atoms with Gasteiger partial charge in [0.05, 0.1) is 0 Å². The van der Waals surface area contributed by atoms with Gasteiger partial charge in [-0.15, -0.1) is 0 Å². The van der Waals surface area contributed by atoms with Crippen LogP contribution in [0.15, 0.2) is 72.8 Å². The summed E-state index contributed by atoms with van der Waals surface area (Å²) in [6.45, 7) is 17.6. The lowest BCUT2D eigenvalue weighted by molar-refractivity contribution is 0.424. The van der Waals surface area contributed by atoms with Crippen LogP contribution in [0.1, 0.15) is 100 Å². The van der Waals surface area contributed by atoms with Crippen molar-refractivity contribution in [1.82, 2.24) is 0 Å². The largest absolute Gasteiger partial charge is 0.488 e. The van der Waals surface area contributed by atoms with Gasteiger partial charge in [0.25, 0.3) is 0 Å². The smallest absolute Gasteiger partial charge is 0.423 e. The molecule has 6 aromatic rings. The molecule has 0 bridgehead atoms. The summed E-state index contributed by atoms with van der Waals surface area (Å²) in [4.78, 5) is 0. The van der Waals surface area contributed by atoms with E-state index in [9.17, 15) is 30.1 Å². The first-order valence-electron chi connectivity index (χ1n) is 20.9. The standard InChI is InChI=1S/C52H46B4O6/c1-29-31(3)50-46(33(5)43(29)24-15-37-9-18-40(19-10-37)54(57)58)27-48-35(7)45(26-17-39-13-22-42(23-14-39)56(61)62)36(8)49-28-47-34(6)44(30(2)32(4)51(47)53(50)52(48)49)25-16-38-11-20-41(21-12-38)55(59)60/h9-14,18-23,57-62H,27-28H2,1-8H3. The van der Waals surface area contributed by atoms with Gasteiger partial charge in [-0.1, -0.05) is 99.4 Å². The zero-order valence-electron chi connectivity index (χ0n) is 36.3. The van der Waals surface area contributed by atoms with Gasteiger partial charge >= 0.3 is 21.4 Å². The van der Waals surface area contributed by atoms with Crippen LogP contribution < -0.4 is 32.8 Å². The lowest BCUT2D eigenvalue weighted by Crippen LogP contribution is -2.63. The van der Waals surface area contributed by atoms with Crippen LogP contribution in [0.5, 0.6) is 0 Å². The van der Waals surface area contributed by atoms with Crippen LogP contribution in [0.3, 0.4) is 0 Å². The van der Waals surface area contributed by atoms with Crippen molar-refractivity contribution in [2.45, 2.75) is 68.2 Å². The van der Waals surface area contributed by atoms with Crippen molar-refractivity contribution in [3.05, 3.63) is 173 Å². The Morgan fingerprint density at radius 1 is 0.339 bits per heavy atom. The van der Waals surface area contributed by atoms with Crippen LogP contribution in [-0.2, 0) is 12.8 Å². The first-order valence-corrected chi connectivity index (χ1v) is 20.9. The molecule has 8 rings (SSSR count). The predicted molar refractivity (Wildman–Crippen MR) is 254 cm³/mol. The van der Waals surface area contributed by atoms with Crippen LogP contribution in [-0.4, -0.2) is 58.2 Å². The fourth-order valence-electron chi connectivity index (χ4n) is 9.68. The van der Waals surface area contributed by atoms with Crippen LogP contribution >= 0.6 is 0 Å². The summed E-state index contributed by atoms with van der Waals surface area (Å²) in [7, 11) is -4.61. The monoisotopic (exact) mass is 810 g/mol. The highest BCUT2D eigenvalue weighted by Crippen LogP contribution is 2.36. The Morgan fingerprint density at radius 3 is 0.871 bits per heavy atom. The Labute approximate surface area is 366 Å². The third kappa shape index (κ3) is 7.42. The van der Waals surface area contributed by atoms with E-state index in [1.165, 1.54) is 60.9 Å². The van der Waals surface area contributed by atoms with Crippen LogP contribution in [0, 0.1) is 90.9 Å². The number of hydrogen-bond acceptors (Lipinski definition) is 6. The van der Waals surface area contributed by atoms with Gasteiger partial charge < -0.3 is 30.1 Å². The summed E-state index contributed by atoms with van der Waals surface area (Å²) in [5, 5.41) is 57.8. The highest BCUT2D eigenvalue weighted by molar-refractivity contribution is 6.98. The van der Waals surface area contributed by atoms with E-state index in [1.54, 1.807) is 36.4 Å². The second-order valence-electron chi connectivity index (χ2n) is 16.8. The molecule has 302 valence electrons. The molecule has 2 aliphatic rings. The molecule has 0 fully saturated rings. The average molecular weight is 810 g/mol. The summed E-state index contributed by atoms with van der Waals surface area (Å²) in [5.41, 5.74) is 25.3. The van der Waals surface area contributed by atoms with Crippen LogP contribution in [0.2, 0.25) is 0 Å². The van der Waals surface area contributed by atoms with Gasteiger partial charge in [0.1, 0.15) is 0 Å². The van der Waals surface area contributed by atoms with Crippen molar-refractivity contribution in [3.63, 3.8) is 0 Å². The molecule has 6 aromatic carbocycles. The predicted octanol–water partition coefficient (Wildman–Crippen LogP) is 1.72. The van der Waals surface area contributed by atoms with Gasteiger partial charge in [-0.25, -0.2) is 0 Å². The van der Waals surface area contributed by atoms with Crippen LogP contribution in [0.4, 0.5) is 0 Å². The summed E-state index contributed by atoms with van der Waals surface area (Å²) in [5.74, 6) is 20.7. The molecular weight excluding hydrogens is 764 g/mol. The van der Waals surface area contributed by atoms with E-state index in [-0.39, 0.29) is 6.71 Å². The molecule has 0 amide bonds. The molecule has 0 aliphatic carbocycles. The van der Waals surface area contributed by atoms with Gasteiger partial charge in [0.15, 0.2) is 0 Å². The van der Waals surface area contributed by atoms with E-state index < -0.39 is 21.4 Å². The van der Waals surface area contributed by atoms with Crippen LogP contribution in [0.25, 0.3) is 0 Å². The first-order chi connectivity index (χ1) is 29.6. The van der Waals surface area contributed by atoms with Gasteiger partial charge in [-0.3, -0.25) is 0 Å². The maximum Gasteiger partial charge on any atom is 0.488 e. The van der Waals surface area contributed by atoms with Gasteiger partial charge in [-0.2, -0.15) is 0 Å². The van der Waals surface area contributed by atoms with E-state index in [0.717, 1.165) is 68.5 Å². The number of rotatable bonds is 3. The van der Waals surface area contributed by atoms with Crippen molar-refractivity contribution >= 4 is 60.8 Å². The Kier molecular flexibility index (Phi) is 11.5. The van der Waals surface area contributed by atoms with Crippen molar-refractivity contribution in [1.29, 1.82) is 0 Å². The number of benzene rings is 6. The summed E-state index contributed by atoms with van der Waals surface area (Å²) in [6, 6.07) is 21.0. The zero-order valence-corrected chi connectivity index (χ0v) is 36.3. The van der Waals surface area contributed by atoms with Crippen molar-refractivity contribution in [2.24, 2.45) is 0 Å². The number of hydrogen-bond donors (Lipinski definition) is 6. The topological polar surface area (TPSA) is 121 Å². The van der Waals surface area contributed by atoms with Gasteiger partial charge in [0.2, 0.25) is 6.71 Å². The molecule has 2 heterocycles. The van der Waals surface area contributed by atoms with E-state index in [1.807, 2.05) is 36.4 Å². The minimum atomic E-state index is -1.54. The maximum absolute atomic E-state index is 9.66. The maximum atomic E-state index is 9.66. The molecule has 0 aromatic heterocycles. The first kappa shape index (κ1) is 42.7. The van der Waals surface area contributed by atoms with Gasteiger partial charge in [-0.05, 0) is 177 Å². The minimum Gasteiger partial charge on any atom is -0.423 e. The second-order valence-corrected chi connectivity index (χ2v) is 16.8. The Balaban J connectivity index is 1.35. The highest BCUT2D eigenvalue weighted by atomic mass is 16.4. The molecule has 0 spiro atoms. The molecule has 6 N–H and O–H groups in total. The second kappa shape index (κ2) is 16.7. The fraction of sp³-hybridized carbons (Fsp3) is 0.192. The summed E-state index contributed by atoms with van der Waals surface area (Å²) in [6.07, 6.45) is 1.48. The molecular formula is C52H46B4O6. The molecule has 0 unspecified atom stereocenters. The Morgan fingerprint density at radius 2 is 0.597 bits per heavy atom. The summed E-state index contributed by atoms with van der Waals surface area (Å²) >= 11 is 0. The third-order valence-corrected chi connectivity index (χ3v) is 13.5. The lowest BCUT2D eigenvalue weighted by atomic mass is 9.28. The average Bonchev–Trinajstić information content (AvgIpc) is 3.26. The molecule has 0 atom stereocenters. The fourth-order valence-corrected chi connectivity index (χ4v) is 9.68. The quantitative estimate of drug-likeness (QED) is 0.120. The molecule has 0 radical (unpaired) electrons. The molecule has 0 saturated heterocycles. The highest BCUT2D eigenvalue weighted by Gasteiger charge is 2.43. The van der Waals surface area contributed by atoms with Crippen molar-refractivity contribution < 1.29 is 30.1 Å². The molecule has 62 heavy (non-hydrogen) atoms. The van der Waals surface area contributed by atoms with E-state index in [2.05, 4.69) is 90.9 Å². The van der Waals surface area contributed by atoms with Crippen molar-refractivity contribution in [3.8, 4) is 35.5 Å². The van der Waals surface area contributed by atoms with Gasteiger partial charge in [0, 0.05) is 33.4 Å². The van der Waals surface area contributed by atoms with E-state index >= 15 is 0 Å². The van der Waals surface area contributed by atoms with E-state index in [4.69, 9.17) is 0 Å². The lowest BCUT2D eigenvalue weighted by Gasteiger charge is -2.40. The molecule has 0 saturated carbocycles. The van der Waals surface area contributed by atoms with Crippen molar-refractivity contribution in [2.75, 3.05) is 0 Å². The molecule has 2 aliphatic heterocycles. The van der Waals surface area contributed by atoms with E-state index in [0.29, 0.717) is 16.4 Å². The number of fused-ring (bicyclic) bond motifs is 4. The summed E-state index contributed by atoms with van der Waals surface area (Å²) < 4.78 is 0. The Hall–Kier alpha value is -5.98. The molecule has 10 heteroatoms. The minimum absolute atomic E-state index is 0.0157. The molecule has 6 nitrogen and oxygen atoms in total. The third-order valence-electron chi connectivity index (χ3n) is 13.5. The Bertz CT molecular complexity index is 2820. The normalized spacial score (nSPS) is 11.8. The zero-order chi connectivity index (χ0) is 44.3.